The molecule has 4 heteroatoms. The van der Waals surface area contributed by atoms with Crippen molar-refractivity contribution in [3.63, 3.8) is 0 Å². The number of fused-ring (bicyclic) bond motifs is 1. The molecule has 0 bridgehead atoms. The molecule has 3 nitrogen and oxygen atoms in total. The lowest BCUT2D eigenvalue weighted by Crippen LogP contribution is -2.14. The van der Waals surface area contributed by atoms with Crippen LogP contribution in [0.15, 0.2) is 35.3 Å². The third kappa shape index (κ3) is 0.951. The Morgan fingerprint density at radius 1 is 1.46 bits per heavy atom. The molecule has 0 radical (unpaired) electrons. The predicted molar refractivity (Wildman–Crippen MR) is 48.7 cm³/mol. The van der Waals surface area contributed by atoms with Crippen molar-refractivity contribution in [1.29, 1.82) is 0 Å². The summed E-state index contributed by atoms with van der Waals surface area (Å²) in [6, 6.07) is 0. The van der Waals surface area contributed by atoms with Crippen LogP contribution in [0.1, 0.15) is 6.42 Å². The number of ketones is 1. The molecule has 1 fully saturated rings. The topological polar surface area (TPSA) is 51.2 Å². The lowest BCUT2D eigenvalue weighted by atomic mass is 10.0. The van der Waals surface area contributed by atoms with E-state index in [0.29, 0.717) is 12.0 Å². The van der Waals surface area contributed by atoms with E-state index >= 15 is 0 Å². The lowest BCUT2D eigenvalue weighted by Gasteiger charge is -2.07. The van der Waals surface area contributed by atoms with E-state index in [1.807, 2.05) is 0 Å². The highest BCUT2D eigenvalue weighted by Gasteiger charge is 2.44. The maximum Gasteiger partial charge on any atom is 0.201 e. The molecule has 13 heavy (non-hydrogen) atoms. The van der Waals surface area contributed by atoms with E-state index in [0.717, 1.165) is 0 Å². The minimum absolute atomic E-state index is 0.268. The van der Waals surface area contributed by atoms with Crippen molar-refractivity contribution in [1.82, 2.24) is 0 Å². The molecule has 1 aliphatic carbocycles. The first kappa shape index (κ1) is 8.44. The van der Waals surface area contributed by atoms with Gasteiger partial charge in [-0.3, -0.25) is 4.79 Å². The molecule has 0 saturated carbocycles. The van der Waals surface area contributed by atoms with E-state index in [2.05, 4.69) is 6.58 Å². The maximum atomic E-state index is 11.5. The lowest BCUT2D eigenvalue weighted by molar-refractivity contribution is -0.111. The van der Waals surface area contributed by atoms with Crippen LogP contribution in [0.3, 0.4) is 0 Å². The molecule has 1 saturated heterocycles. The highest BCUT2D eigenvalue weighted by molar-refractivity contribution is 7.98. The Morgan fingerprint density at radius 2 is 2.15 bits per heavy atom. The molecule has 0 N–H and O–H groups in total. The smallest absolute Gasteiger partial charge is 0.201 e. The quantitative estimate of drug-likeness (QED) is 0.424. The van der Waals surface area contributed by atoms with Crippen LogP contribution < -0.4 is 0 Å². The summed E-state index contributed by atoms with van der Waals surface area (Å²) in [4.78, 5) is 11.1. The Hall–Kier alpha value is -1.16. The van der Waals surface area contributed by atoms with Crippen LogP contribution in [0.25, 0.3) is 0 Å². The highest BCUT2D eigenvalue weighted by Crippen LogP contribution is 2.34. The summed E-state index contributed by atoms with van der Waals surface area (Å²) in [5.74, 6) is -0.422. The zero-order valence-electron chi connectivity index (χ0n) is 6.86. The van der Waals surface area contributed by atoms with Gasteiger partial charge in [-0.05, 0) is 6.42 Å². The van der Waals surface area contributed by atoms with Crippen LogP contribution in [0.5, 0.6) is 0 Å². The molecule has 1 aliphatic heterocycles. The maximum absolute atomic E-state index is 11.5. The number of carbonyl (C=O) groups is 1. The SMILES string of the molecule is C=C1C(=O)C2=CCC=CC2S1(=O)=O. The van der Waals surface area contributed by atoms with Crippen molar-refractivity contribution < 1.29 is 13.2 Å². The van der Waals surface area contributed by atoms with Gasteiger partial charge in [-0.2, -0.15) is 0 Å². The van der Waals surface area contributed by atoms with Crippen LogP contribution in [0, 0.1) is 0 Å². The van der Waals surface area contributed by atoms with Gasteiger partial charge in [-0.25, -0.2) is 8.42 Å². The minimum atomic E-state index is -3.47. The molecular weight excluding hydrogens is 188 g/mol. The molecule has 1 heterocycles. The molecule has 1 unspecified atom stereocenters. The van der Waals surface area contributed by atoms with E-state index in [9.17, 15) is 13.2 Å². The first-order valence-corrected chi connectivity index (χ1v) is 5.44. The van der Waals surface area contributed by atoms with Gasteiger partial charge in [0, 0.05) is 5.57 Å². The van der Waals surface area contributed by atoms with Crippen LogP contribution in [-0.4, -0.2) is 19.5 Å². The van der Waals surface area contributed by atoms with Gasteiger partial charge >= 0.3 is 0 Å². The van der Waals surface area contributed by atoms with E-state index in [1.54, 1.807) is 18.2 Å². The average molecular weight is 196 g/mol. The molecule has 1 atom stereocenters. The molecular formula is C9H8O3S. The summed E-state index contributed by atoms with van der Waals surface area (Å²) in [6.45, 7) is 3.30. The van der Waals surface area contributed by atoms with Gasteiger partial charge in [-0.15, -0.1) is 0 Å². The molecule has 68 valence electrons. The van der Waals surface area contributed by atoms with Gasteiger partial charge in [-0.1, -0.05) is 24.8 Å². The Morgan fingerprint density at radius 3 is 2.77 bits per heavy atom. The number of Topliss-reactive ketones (excluding diaryl/α,β-unsaturated/α-hetero) is 1. The zero-order valence-corrected chi connectivity index (χ0v) is 7.67. The Bertz CT molecular complexity index is 451. The number of allylic oxidation sites excluding steroid dienone is 3. The van der Waals surface area contributed by atoms with E-state index in [1.165, 1.54) is 0 Å². The Kier molecular flexibility index (Phi) is 1.57. The normalized spacial score (nSPS) is 30.2. The molecule has 0 amide bonds. The van der Waals surface area contributed by atoms with Crippen molar-refractivity contribution >= 4 is 15.6 Å². The van der Waals surface area contributed by atoms with Gasteiger partial charge in [0.25, 0.3) is 0 Å². The largest absolute Gasteiger partial charge is 0.288 e. The predicted octanol–water partition coefficient (Wildman–Crippen LogP) is 0.752. The molecule has 2 aliphatic rings. The fourth-order valence-electron chi connectivity index (χ4n) is 1.55. The van der Waals surface area contributed by atoms with Crippen LogP contribution in [-0.2, 0) is 14.6 Å². The molecule has 0 spiro atoms. The number of hydrogen-bond donors (Lipinski definition) is 0. The first-order valence-electron chi connectivity index (χ1n) is 3.89. The average Bonchev–Trinajstić information content (AvgIpc) is 2.30. The first-order chi connectivity index (χ1) is 6.05. The second-order valence-electron chi connectivity index (χ2n) is 3.04. The third-order valence-electron chi connectivity index (χ3n) is 2.28. The highest BCUT2D eigenvalue weighted by atomic mass is 32.2. The fourth-order valence-corrected chi connectivity index (χ4v) is 3.09. The third-order valence-corrected chi connectivity index (χ3v) is 4.24. The number of carbonyl (C=O) groups excluding carboxylic acids is 1. The van der Waals surface area contributed by atoms with Gasteiger partial charge in [0.1, 0.15) is 10.2 Å². The summed E-state index contributed by atoms with van der Waals surface area (Å²) < 4.78 is 23.0. The summed E-state index contributed by atoms with van der Waals surface area (Å²) in [5, 5.41) is -0.763. The standard InChI is InChI=1S/C9H8O3S/c1-6-9(10)7-4-2-3-5-8(7)13(6,11)12/h3-5,8H,1-2H2. The second kappa shape index (κ2) is 2.42. The van der Waals surface area contributed by atoms with Crippen LogP contribution in [0.2, 0.25) is 0 Å². The van der Waals surface area contributed by atoms with Crippen molar-refractivity contribution in [2.75, 3.05) is 0 Å². The minimum Gasteiger partial charge on any atom is -0.288 e. The van der Waals surface area contributed by atoms with Gasteiger partial charge in [0.15, 0.2) is 9.84 Å². The number of sulfone groups is 1. The Balaban J connectivity index is 2.67. The van der Waals surface area contributed by atoms with Gasteiger partial charge in [0.2, 0.25) is 5.78 Å². The van der Waals surface area contributed by atoms with E-state index in [4.69, 9.17) is 0 Å². The van der Waals surface area contributed by atoms with E-state index in [-0.39, 0.29) is 4.91 Å². The summed E-state index contributed by atoms with van der Waals surface area (Å²) >= 11 is 0. The number of rotatable bonds is 0. The van der Waals surface area contributed by atoms with Crippen molar-refractivity contribution in [3.05, 3.63) is 35.3 Å². The fraction of sp³-hybridized carbons (Fsp3) is 0.222. The van der Waals surface area contributed by atoms with E-state index < -0.39 is 20.9 Å². The molecule has 0 aromatic heterocycles. The number of hydrogen-bond acceptors (Lipinski definition) is 3. The molecule has 0 aromatic carbocycles. The van der Waals surface area contributed by atoms with Crippen molar-refractivity contribution in [3.8, 4) is 0 Å². The molecule has 0 aromatic rings. The summed E-state index contributed by atoms with van der Waals surface area (Å²) in [7, 11) is -3.47. The van der Waals surface area contributed by atoms with Gasteiger partial charge in [0.05, 0.1) is 0 Å². The van der Waals surface area contributed by atoms with Crippen molar-refractivity contribution in [2.24, 2.45) is 0 Å². The van der Waals surface area contributed by atoms with Gasteiger partial charge < -0.3 is 0 Å². The Labute approximate surface area is 76.4 Å². The monoisotopic (exact) mass is 196 g/mol. The van der Waals surface area contributed by atoms with Crippen LogP contribution in [0.4, 0.5) is 0 Å². The summed E-state index contributed by atoms with van der Waals surface area (Å²) in [5.41, 5.74) is 0.368. The van der Waals surface area contributed by atoms with Crippen molar-refractivity contribution in [2.45, 2.75) is 11.7 Å². The zero-order chi connectivity index (χ0) is 9.64. The second-order valence-corrected chi connectivity index (χ2v) is 5.13. The molecule has 2 rings (SSSR count). The van der Waals surface area contributed by atoms with Crippen LogP contribution >= 0.6 is 0 Å². The summed E-state index contributed by atoms with van der Waals surface area (Å²) in [6.07, 6.45) is 5.58.